The minimum Gasteiger partial charge on any atom is -0.389 e. The zero-order chi connectivity index (χ0) is 13.1. The Labute approximate surface area is 110 Å². The van der Waals surface area contributed by atoms with Gasteiger partial charge < -0.3 is 20.5 Å². The Morgan fingerprint density at radius 2 is 2.11 bits per heavy atom. The third-order valence-electron chi connectivity index (χ3n) is 4.93. The zero-order valence-electron chi connectivity index (χ0n) is 11.7. The Bertz CT molecular complexity index is 267. The van der Waals surface area contributed by atoms with E-state index in [-0.39, 0.29) is 5.41 Å². The monoisotopic (exact) mass is 256 g/mol. The minimum atomic E-state index is -0.624. The van der Waals surface area contributed by atoms with Crippen LogP contribution in [-0.2, 0) is 4.74 Å². The third-order valence-corrected chi connectivity index (χ3v) is 4.93. The van der Waals surface area contributed by atoms with Crippen LogP contribution in [-0.4, -0.2) is 55.0 Å². The smallest absolute Gasteiger partial charge is 0.0751 e. The van der Waals surface area contributed by atoms with E-state index in [9.17, 15) is 5.11 Å². The van der Waals surface area contributed by atoms with Crippen molar-refractivity contribution in [3.05, 3.63) is 0 Å². The van der Waals surface area contributed by atoms with Crippen LogP contribution in [0.2, 0.25) is 0 Å². The molecular weight excluding hydrogens is 228 g/mol. The molecule has 2 aliphatic rings. The van der Waals surface area contributed by atoms with Gasteiger partial charge in [0.15, 0.2) is 0 Å². The number of nitrogens with two attached hydrogens (primary N) is 1. The Morgan fingerprint density at radius 3 is 2.72 bits per heavy atom. The Hall–Kier alpha value is -0.160. The van der Waals surface area contributed by atoms with E-state index in [1.807, 2.05) is 0 Å². The lowest BCUT2D eigenvalue weighted by atomic mass is 9.67. The van der Waals surface area contributed by atoms with Crippen LogP contribution in [0, 0.1) is 5.41 Å². The van der Waals surface area contributed by atoms with Gasteiger partial charge in [-0.25, -0.2) is 0 Å². The van der Waals surface area contributed by atoms with E-state index < -0.39 is 5.60 Å². The normalized spacial score (nSPS) is 38.8. The van der Waals surface area contributed by atoms with Gasteiger partial charge in [-0.3, -0.25) is 0 Å². The summed E-state index contributed by atoms with van der Waals surface area (Å²) in [5, 5.41) is 11.1. The first-order chi connectivity index (χ1) is 8.66. The highest BCUT2D eigenvalue weighted by atomic mass is 16.5. The summed E-state index contributed by atoms with van der Waals surface area (Å²) in [6.45, 7) is 7.37. The number of likely N-dealkylation sites (tertiary alicyclic amines) is 1. The average Bonchev–Trinajstić information content (AvgIpc) is 2.79. The summed E-state index contributed by atoms with van der Waals surface area (Å²) in [5.41, 5.74) is 5.15. The summed E-state index contributed by atoms with van der Waals surface area (Å²) in [6.07, 6.45) is 4.87. The van der Waals surface area contributed by atoms with Crippen LogP contribution in [0.15, 0.2) is 0 Å². The molecule has 0 amide bonds. The van der Waals surface area contributed by atoms with Gasteiger partial charge in [-0.05, 0) is 45.2 Å². The molecule has 0 aliphatic carbocycles. The van der Waals surface area contributed by atoms with E-state index in [2.05, 4.69) is 11.8 Å². The van der Waals surface area contributed by atoms with E-state index in [1.54, 1.807) is 0 Å². The van der Waals surface area contributed by atoms with Crippen molar-refractivity contribution in [1.82, 2.24) is 4.90 Å². The molecular formula is C14H28N2O2. The molecule has 4 nitrogen and oxygen atoms in total. The predicted octanol–water partition coefficient (Wildman–Crippen LogP) is 0.979. The second-order valence-corrected chi connectivity index (χ2v) is 6.01. The summed E-state index contributed by atoms with van der Waals surface area (Å²) in [7, 11) is 0. The van der Waals surface area contributed by atoms with Crippen molar-refractivity contribution in [2.45, 2.75) is 44.6 Å². The van der Waals surface area contributed by atoms with Gasteiger partial charge >= 0.3 is 0 Å². The number of aliphatic hydroxyl groups is 1. The maximum absolute atomic E-state index is 11.1. The van der Waals surface area contributed by atoms with Crippen LogP contribution in [0.1, 0.15) is 39.0 Å². The van der Waals surface area contributed by atoms with Crippen LogP contribution in [0.5, 0.6) is 0 Å². The highest BCUT2D eigenvalue weighted by Gasteiger charge is 2.51. The molecule has 2 aliphatic heterocycles. The fourth-order valence-electron chi connectivity index (χ4n) is 3.57. The van der Waals surface area contributed by atoms with E-state index >= 15 is 0 Å². The van der Waals surface area contributed by atoms with Gasteiger partial charge in [-0.15, -0.1) is 0 Å². The molecule has 18 heavy (non-hydrogen) atoms. The standard InChI is InChI=1S/C14H28N2O2/c1-2-7-16-8-3-4-14(17,5-9-16)13(11-15)6-10-18-12-13/h17H,2-12,15H2,1H3. The predicted molar refractivity (Wildman–Crippen MR) is 72.5 cm³/mol. The first-order valence-electron chi connectivity index (χ1n) is 7.38. The topological polar surface area (TPSA) is 58.7 Å². The lowest BCUT2D eigenvalue weighted by molar-refractivity contribution is -0.0925. The van der Waals surface area contributed by atoms with E-state index in [1.165, 1.54) is 6.42 Å². The van der Waals surface area contributed by atoms with Crippen LogP contribution in [0.3, 0.4) is 0 Å². The maximum atomic E-state index is 11.1. The van der Waals surface area contributed by atoms with Crippen molar-refractivity contribution < 1.29 is 9.84 Å². The molecule has 106 valence electrons. The molecule has 0 aromatic carbocycles. The Balaban J connectivity index is 2.06. The Morgan fingerprint density at radius 1 is 1.28 bits per heavy atom. The third kappa shape index (κ3) is 2.57. The SMILES string of the molecule is CCCN1CCCC(O)(C2(CN)CCOC2)CC1. The van der Waals surface area contributed by atoms with Gasteiger partial charge in [0.25, 0.3) is 0 Å². The molecule has 2 saturated heterocycles. The van der Waals surface area contributed by atoms with Crippen molar-refractivity contribution in [2.24, 2.45) is 11.1 Å². The highest BCUT2D eigenvalue weighted by molar-refractivity contribution is 5.03. The first kappa shape index (κ1) is 14.3. The second kappa shape index (κ2) is 5.87. The number of hydrogen-bond acceptors (Lipinski definition) is 4. The first-order valence-corrected chi connectivity index (χ1v) is 7.38. The van der Waals surface area contributed by atoms with E-state index in [4.69, 9.17) is 10.5 Å². The molecule has 2 rings (SSSR count). The summed E-state index contributed by atoms with van der Waals surface area (Å²) < 4.78 is 5.53. The molecule has 0 radical (unpaired) electrons. The molecule has 2 atom stereocenters. The maximum Gasteiger partial charge on any atom is 0.0751 e. The largest absolute Gasteiger partial charge is 0.389 e. The Kier molecular flexibility index (Phi) is 4.64. The fraction of sp³-hybridized carbons (Fsp3) is 1.00. The van der Waals surface area contributed by atoms with Gasteiger partial charge in [-0.1, -0.05) is 6.92 Å². The quantitative estimate of drug-likeness (QED) is 0.787. The summed E-state index contributed by atoms with van der Waals surface area (Å²) in [6, 6.07) is 0. The van der Waals surface area contributed by atoms with Crippen LogP contribution in [0.25, 0.3) is 0 Å². The molecule has 0 spiro atoms. The van der Waals surface area contributed by atoms with Gasteiger partial charge in [0, 0.05) is 25.1 Å². The number of rotatable bonds is 4. The molecule has 0 aromatic rings. The van der Waals surface area contributed by atoms with Gasteiger partial charge in [0.1, 0.15) is 0 Å². The van der Waals surface area contributed by atoms with Crippen molar-refractivity contribution >= 4 is 0 Å². The summed E-state index contributed by atoms with van der Waals surface area (Å²) in [5.74, 6) is 0. The van der Waals surface area contributed by atoms with E-state index in [0.717, 1.165) is 51.9 Å². The van der Waals surface area contributed by atoms with Crippen molar-refractivity contribution in [3.63, 3.8) is 0 Å². The molecule has 3 N–H and O–H groups in total. The lowest BCUT2D eigenvalue weighted by Crippen LogP contribution is -2.53. The van der Waals surface area contributed by atoms with Gasteiger partial charge in [0.2, 0.25) is 0 Å². The van der Waals surface area contributed by atoms with Gasteiger partial charge in [-0.2, -0.15) is 0 Å². The zero-order valence-corrected chi connectivity index (χ0v) is 11.7. The van der Waals surface area contributed by atoms with Crippen LogP contribution >= 0.6 is 0 Å². The summed E-state index contributed by atoms with van der Waals surface area (Å²) in [4.78, 5) is 2.47. The fourth-order valence-corrected chi connectivity index (χ4v) is 3.57. The number of hydrogen-bond donors (Lipinski definition) is 2. The van der Waals surface area contributed by atoms with Crippen LogP contribution in [0.4, 0.5) is 0 Å². The molecule has 2 heterocycles. The lowest BCUT2D eigenvalue weighted by Gasteiger charge is -2.43. The van der Waals surface area contributed by atoms with Crippen molar-refractivity contribution in [3.8, 4) is 0 Å². The molecule has 0 aromatic heterocycles. The molecule has 0 saturated carbocycles. The average molecular weight is 256 g/mol. The number of nitrogens with zero attached hydrogens (tertiary/aromatic N) is 1. The van der Waals surface area contributed by atoms with E-state index in [0.29, 0.717) is 13.2 Å². The number of ether oxygens (including phenoxy) is 1. The minimum absolute atomic E-state index is 0.199. The van der Waals surface area contributed by atoms with Crippen LogP contribution < -0.4 is 5.73 Å². The van der Waals surface area contributed by atoms with Crippen molar-refractivity contribution in [2.75, 3.05) is 39.4 Å². The van der Waals surface area contributed by atoms with Gasteiger partial charge in [0.05, 0.1) is 12.2 Å². The van der Waals surface area contributed by atoms with Crippen molar-refractivity contribution in [1.29, 1.82) is 0 Å². The second-order valence-electron chi connectivity index (χ2n) is 6.01. The molecule has 2 fully saturated rings. The highest BCUT2D eigenvalue weighted by Crippen LogP contribution is 2.44. The molecule has 0 bridgehead atoms. The molecule has 2 unspecified atom stereocenters. The summed E-state index contributed by atoms with van der Waals surface area (Å²) >= 11 is 0. The molecule has 4 heteroatoms.